The molecule has 1 amide bonds. The van der Waals surface area contributed by atoms with E-state index in [1.165, 1.54) is 0 Å². The van der Waals surface area contributed by atoms with E-state index in [0.29, 0.717) is 25.6 Å². The number of aromatic nitrogens is 3. The summed E-state index contributed by atoms with van der Waals surface area (Å²) in [6, 6.07) is 10.6. The fourth-order valence-corrected chi connectivity index (χ4v) is 3.48. The first-order valence-corrected chi connectivity index (χ1v) is 9.52. The van der Waals surface area contributed by atoms with Crippen LogP contribution in [0.4, 0.5) is 0 Å². The Hall–Kier alpha value is -2.89. The average Bonchev–Trinajstić information content (AvgIpc) is 3.12. The van der Waals surface area contributed by atoms with Crippen molar-refractivity contribution in [2.45, 2.75) is 38.8 Å². The van der Waals surface area contributed by atoms with Gasteiger partial charge in [-0.05, 0) is 29.5 Å². The average molecular weight is 364 g/mol. The molecule has 4 rings (SSSR count). The normalized spacial score (nSPS) is 15.2. The predicted octanol–water partition coefficient (Wildman–Crippen LogP) is 3.06. The number of piperidine rings is 1. The lowest BCUT2D eigenvalue weighted by molar-refractivity contribution is -0.133. The van der Waals surface area contributed by atoms with Crippen LogP contribution in [-0.4, -0.2) is 44.5 Å². The van der Waals surface area contributed by atoms with Crippen molar-refractivity contribution in [2.24, 2.45) is 0 Å². The molecule has 2 aromatic heterocycles. The molecule has 140 valence electrons. The van der Waals surface area contributed by atoms with Crippen LogP contribution >= 0.6 is 0 Å². The highest BCUT2D eigenvalue weighted by atomic mass is 16.5. The van der Waals surface area contributed by atoms with Crippen molar-refractivity contribution in [1.29, 1.82) is 0 Å². The molecular formula is C21H24N4O2. The second-order valence-electron chi connectivity index (χ2n) is 6.93. The minimum absolute atomic E-state index is 0.0638. The van der Waals surface area contributed by atoms with Crippen LogP contribution in [0, 0.1) is 0 Å². The molecule has 1 fully saturated rings. The van der Waals surface area contributed by atoms with Crippen LogP contribution < -0.4 is 4.74 Å². The van der Waals surface area contributed by atoms with Gasteiger partial charge in [-0.1, -0.05) is 25.1 Å². The summed E-state index contributed by atoms with van der Waals surface area (Å²) in [5, 5.41) is 1.16. The highest BCUT2D eigenvalue weighted by Crippen LogP contribution is 2.18. The van der Waals surface area contributed by atoms with Crippen LogP contribution in [0.1, 0.15) is 25.3 Å². The van der Waals surface area contributed by atoms with Gasteiger partial charge < -0.3 is 14.2 Å². The van der Waals surface area contributed by atoms with E-state index < -0.39 is 0 Å². The standard InChI is InChI=1S/C21H24N4O2/c1-2-16-13-22-21(23-14-16)27-18-8-11-24(12-9-18)20(26)15-25-10-7-17-5-3-4-6-19(17)25/h3-7,10,13-14,18H,2,8-9,11-12,15H2,1H3. The molecule has 0 aliphatic carbocycles. The molecule has 0 atom stereocenters. The van der Waals surface area contributed by atoms with Gasteiger partial charge in [0.25, 0.3) is 0 Å². The number of amides is 1. The summed E-state index contributed by atoms with van der Waals surface area (Å²) in [7, 11) is 0. The maximum atomic E-state index is 12.7. The van der Waals surface area contributed by atoms with Gasteiger partial charge in [-0.3, -0.25) is 4.79 Å². The maximum Gasteiger partial charge on any atom is 0.316 e. The molecule has 6 heteroatoms. The van der Waals surface area contributed by atoms with Crippen molar-refractivity contribution >= 4 is 16.8 Å². The third-order valence-electron chi connectivity index (χ3n) is 5.14. The number of benzene rings is 1. The number of carbonyl (C=O) groups excluding carboxylic acids is 1. The van der Waals surface area contributed by atoms with Crippen LogP contribution in [0.2, 0.25) is 0 Å². The van der Waals surface area contributed by atoms with Crippen LogP contribution in [-0.2, 0) is 17.8 Å². The van der Waals surface area contributed by atoms with E-state index >= 15 is 0 Å². The van der Waals surface area contributed by atoms with Crippen molar-refractivity contribution in [1.82, 2.24) is 19.4 Å². The molecule has 0 spiro atoms. The number of likely N-dealkylation sites (tertiary alicyclic amines) is 1. The lowest BCUT2D eigenvalue weighted by Crippen LogP contribution is -2.43. The third-order valence-corrected chi connectivity index (χ3v) is 5.14. The summed E-state index contributed by atoms with van der Waals surface area (Å²) in [5.41, 5.74) is 2.19. The minimum atomic E-state index is 0.0638. The van der Waals surface area contributed by atoms with Gasteiger partial charge in [-0.15, -0.1) is 0 Å². The highest BCUT2D eigenvalue weighted by Gasteiger charge is 2.24. The van der Waals surface area contributed by atoms with Gasteiger partial charge in [-0.25, -0.2) is 9.97 Å². The van der Waals surface area contributed by atoms with Crippen molar-refractivity contribution < 1.29 is 9.53 Å². The van der Waals surface area contributed by atoms with Crippen LogP contribution in [0.5, 0.6) is 6.01 Å². The van der Waals surface area contributed by atoms with Crippen molar-refractivity contribution in [3.05, 3.63) is 54.5 Å². The molecule has 0 N–H and O–H groups in total. The Balaban J connectivity index is 1.31. The minimum Gasteiger partial charge on any atom is -0.460 e. The first-order chi connectivity index (χ1) is 13.2. The lowest BCUT2D eigenvalue weighted by Gasteiger charge is -2.31. The Labute approximate surface area is 158 Å². The molecule has 1 aliphatic rings. The summed E-state index contributed by atoms with van der Waals surface area (Å²) < 4.78 is 7.90. The monoisotopic (exact) mass is 364 g/mol. The molecule has 0 radical (unpaired) electrons. The zero-order chi connectivity index (χ0) is 18.6. The van der Waals surface area contributed by atoms with E-state index in [1.54, 1.807) is 0 Å². The molecule has 6 nitrogen and oxygen atoms in total. The fraction of sp³-hybridized carbons (Fsp3) is 0.381. The van der Waals surface area contributed by atoms with E-state index in [2.05, 4.69) is 23.0 Å². The fourth-order valence-electron chi connectivity index (χ4n) is 3.48. The number of aryl methyl sites for hydroxylation is 1. The summed E-state index contributed by atoms with van der Waals surface area (Å²) in [6.45, 7) is 3.86. The Morgan fingerprint density at radius 2 is 1.89 bits per heavy atom. The summed E-state index contributed by atoms with van der Waals surface area (Å²) in [4.78, 5) is 23.1. The molecule has 1 saturated heterocycles. The molecule has 1 aliphatic heterocycles. The number of rotatable bonds is 5. The summed E-state index contributed by atoms with van der Waals surface area (Å²) in [6.07, 6.45) is 8.18. The molecule has 1 aromatic carbocycles. The number of hydrogen-bond acceptors (Lipinski definition) is 4. The SMILES string of the molecule is CCc1cnc(OC2CCN(C(=O)Cn3ccc4ccccc43)CC2)nc1. The molecule has 3 aromatic rings. The molecule has 0 saturated carbocycles. The summed E-state index contributed by atoms with van der Waals surface area (Å²) >= 11 is 0. The van der Waals surface area contributed by atoms with E-state index in [4.69, 9.17) is 4.74 Å². The maximum absolute atomic E-state index is 12.7. The van der Waals surface area contributed by atoms with E-state index in [0.717, 1.165) is 35.7 Å². The molecular weight excluding hydrogens is 340 g/mol. The van der Waals surface area contributed by atoms with Gasteiger partial charge >= 0.3 is 6.01 Å². The van der Waals surface area contributed by atoms with Crippen molar-refractivity contribution in [2.75, 3.05) is 13.1 Å². The van der Waals surface area contributed by atoms with Crippen LogP contribution in [0.3, 0.4) is 0 Å². The van der Waals surface area contributed by atoms with E-state index in [-0.39, 0.29) is 12.0 Å². The number of carbonyl (C=O) groups is 1. The first-order valence-electron chi connectivity index (χ1n) is 9.52. The van der Waals surface area contributed by atoms with Gasteiger partial charge in [0.2, 0.25) is 5.91 Å². The number of nitrogens with zero attached hydrogens (tertiary/aromatic N) is 4. The van der Waals surface area contributed by atoms with Gasteiger partial charge in [-0.2, -0.15) is 0 Å². The number of ether oxygens (including phenoxy) is 1. The Kier molecular flexibility index (Phi) is 5.05. The summed E-state index contributed by atoms with van der Waals surface area (Å²) in [5.74, 6) is 0.151. The van der Waals surface area contributed by atoms with Gasteiger partial charge in [0.15, 0.2) is 0 Å². The quantitative estimate of drug-likeness (QED) is 0.698. The molecule has 27 heavy (non-hydrogen) atoms. The smallest absolute Gasteiger partial charge is 0.316 e. The second-order valence-corrected chi connectivity index (χ2v) is 6.93. The predicted molar refractivity (Wildman–Crippen MR) is 104 cm³/mol. The number of fused-ring (bicyclic) bond motifs is 1. The first kappa shape index (κ1) is 17.5. The third kappa shape index (κ3) is 3.94. The largest absolute Gasteiger partial charge is 0.460 e. The lowest BCUT2D eigenvalue weighted by atomic mass is 10.1. The Bertz CT molecular complexity index is 911. The van der Waals surface area contributed by atoms with Gasteiger partial charge in [0.1, 0.15) is 12.6 Å². The van der Waals surface area contributed by atoms with Crippen LogP contribution in [0.15, 0.2) is 48.9 Å². The molecule has 0 bridgehead atoms. The molecule has 0 unspecified atom stereocenters. The number of para-hydroxylation sites is 1. The van der Waals surface area contributed by atoms with Crippen LogP contribution in [0.25, 0.3) is 10.9 Å². The Morgan fingerprint density at radius 3 is 2.63 bits per heavy atom. The van der Waals surface area contributed by atoms with Gasteiger partial charge in [0.05, 0.1) is 0 Å². The highest BCUT2D eigenvalue weighted by molar-refractivity contribution is 5.83. The topological polar surface area (TPSA) is 60.2 Å². The Morgan fingerprint density at radius 1 is 1.15 bits per heavy atom. The zero-order valence-corrected chi connectivity index (χ0v) is 15.5. The number of hydrogen-bond donors (Lipinski definition) is 0. The van der Waals surface area contributed by atoms with Crippen molar-refractivity contribution in [3.63, 3.8) is 0 Å². The van der Waals surface area contributed by atoms with E-state index in [9.17, 15) is 4.79 Å². The zero-order valence-electron chi connectivity index (χ0n) is 15.5. The van der Waals surface area contributed by atoms with E-state index in [1.807, 2.05) is 52.3 Å². The van der Waals surface area contributed by atoms with Gasteiger partial charge in [0, 0.05) is 50.0 Å². The molecule has 3 heterocycles. The van der Waals surface area contributed by atoms with Crippen molar-refractivity contribution in [3.8, 4) is 6.01 Å². The second kappa shape index (κ2) is 7.78.